The minimum Gasteiger partial charge on any atom is -0.482 e. The van der Waals surface area contributed by atoms with Gasteiger partial charge in [-0.3, -0.25) is 4.79 Å². The van der Waals surface area contributed by atoms with Crippen LogP contribution in [-0.2, 0) is 11.2 Å². The van der Waals surface area contributed by atoms with Crippen LogP contribution in [0.15, 0.2) is 18.2 Å². The molecule has 4 heteroatoms. The summed E-state index contributed by atoms with van der Waals surface area (Å²) in [6.45, 7) is 3.70. The van der Waals surface area contributed by atoms with E-state index in [2.05, 4.69) is 0 Å². The van der Waals surface area contributed by atoms with E-state index >= 15 is 0 Å². The number of hydrogen-bond donors (Lipinski definition) is 1. The first-order valence-corrected chi connectivity index (χ1v) is 6.11. The number of anilines is 1. The average molecular weight is 249 g/mol. The van der Waals surface area contributed by atoms with E-state index in [4.69, 9.17) is 4.74 Å². The normalized spacial score (nSPS) is 15.3. The maximum absolute atomic E-state index is 11.5. The maximum Gasteiger partial charge on any atom is 0.264 e. The van der Waals surface area contributed by atoms with Crippen molar-refractivity contribution in [1.82, 2.24) is 0 Å². The Morgan fingerprint density at radius 1 is 1.44 bits per heavy atom. The fourth-order valence-electron chi connectivity index (χ4n) is 1.92. The topological polar surface area (TPSA) is 49.8 Å². The van der Waals surface area contributed by atoms with Crippen LogP contribution in [0.4, 0.5) is 5.69 Å². The van der Waals surface area contributed by atoms with E-state index in [1.54, 1.807) is 25.8 Å². The van der Waals surface area contributed by atoms with Crippen molar-refractivity contribution in [2.75, 3.05) is 18.6 Å². The molecule has 4 nitrogen and oxygen atoms in total. The number of amides is 1. The lowest BCUT2D eigenvalue weighted by Crippen LogP contribution is -2.35. The van der Waals surface area contributed by atoms with Gasteiger partial charge in [0.05, 0.1) is 11.3 Å². The van der Waals surface area contributed by atoms with Crippen molar-refractivity contribution in [2.24, 2.45) is 0 Å². The van der Waals surface area contributed by atoms with Crippen molar-refractivity contribution in [3.8, 4) is 5.75 Å². The van der Waals surface area contributed by atoms with E-state index in [1.807, 2.05) is 18.2 Å². The number of hydrogen-bond acceptors (Lipinski definition) is 3. The second-order valence-electron chi connectivity index (χ2n) is 5.36. The molecule has 0 aromatic heterocycles. The molecule has 0 unspecified atom stereocenters. The van der Waals surface area contributed by atoms with Crippen molar-refractivity contribution < 1.29 is 14.6 Å². The zero-order valence-corrected chi connectivity index (χ0v) is 11.1. The molecule has 0 radical (unpaired) electrons. The van der Waals surface area contributed by atoms with Gasteiger partial charge < -0.3 is 14.7 Å². The van der Waals surface area contributed by atoms with Crippen molar-refractivity contribution in [3.63, 3.8) is 0 Å². The highest BCUT2D eigenvalue weighted by molar-refractivity contribution is 5.97. The van der Waals surface area contributed by atoms with Gasteiger partial charge in [-0.15, -0.1) is 0 Å². The van der Waals surface area contributed by atoms with Gasteiger partial charge >= 0.3 is 0 Å². The Kier molecular flexibility index (Phi) is 3.30. The molecule has 0 saturated carbocycles. The lowest BCUT2D eigenvalue weighted by molar-refractivity contribution is -0.120. The average Bonchev–Trinajstić information content (AvgIpc) is 2.31. The Morgan fingerprint density at radius 2 is 2.17 bits per heavy atom. The van der Waals surface area contributed by atoms with Crippen LogP contribution in [0.3, 0.4) is 0 Å². The van der Waals surface area contributed by atoms with E-state index in [1.165, 1.54) is 0 Å². The van der Waals surface area contributed by atoms with Crippen molar-refractivity contribution in [1.29, 1.82) is 0 Å². The van der Waals surface area contributed by atoms with Crippen LogP contribution >= 0.6 is 0 Å². The molecule has 1 N–H and O–H groups in total. The maximum atomic E-state index is 11.5. The molecule has 18 heavy (non-hydrogen) atoms. The molecule has 1 aliphatic heterocycles. The number of carbonyl (C=O) groups excluding carboxylic acids is 1. The van der Waals surface area contributed by atoms with Crippen molar-refractivity contribution in [2.45, 2.75) is 32.3 Å². The Bertz CT molecular complexity index is 463. The van der Waals surface area contributed by atoms with Crippen molar-refractivity contribution in [3.05, 3.63) is 23.8 Å². The number of carbonyl (C=O) groups is 1. The number of nitrogens with zero attached hydrogens (tertiary/aromatic N) is 1. The molecule has 1 amide bonds. The summed E-state index contributed by atoms with van der Waals surface area (Å²) in [5.74, 6) is 0.700. The SMILES string of the molecule is CN1C(=O)COc2ccc(CCC(C)(C)O)cc21. The van der Waals surface area contributed by atoms with E-state index in [0.717, 1.165) is 23.4 Å². The molecule has 1 heterocycles. The monoisotopic (exact) mass is 249 g/mol. The summed E-state index contributed by atoms with van der Waals surface area (Å²) < 4.78 is 5.37. The van der Waals surface area contributed by atoms with E-state index in [0.29, 0.717) is 6.42 Å². The van der Waals surface area contributed by atoms with Crippen LogP contribution in [0, 0.1) is 0 Å². The molecule has 0 atom stereocenters. The number of benzene rings is 1. The summed E-state index contributed by atoms with van der Waals surface area (Å²) >= 11 is 0. The zero-order chi connectivity index (χ0) is 13.3. The summed E-state index contributed by atoms with van der Waals surface area (Å²) in [7, 11) is 1.75. The van der Waals surface area contributed by atoms with Crippen LogP contribution in [0.25, 0.3) is 0 Å². The highest BCUT2D eigenvalue weighted by atomic mass is 16.5. The highest BCUT2D eigenvalue weighted by Gasteiger charge is 2.22. The summed E-state index contributed by atoms with van der Waals surface area (Å²) in [5.41, 5.74) is 1.23. The lowest BCUT2D eigenvalue weighted by Gasteiger charge is -2.26. The first kappa shape index (κ1) is 12.9. The van der Waals surface area contributed by atoms with Gasteiger partial charge in [-0.1, -0.05) is 6.07 Å². The largest absolute Gasteiger partial charge is 0.482 e. The van der Waals surface area contributed by atoms with E-state index in [-0.39, 0.29) is 12.5 Å². The number of fused-ring (bicyclic) bond motifs is 1. The molecular weight excluding hydrogens is 230 g/mol. The summed E-state index contributed by atoms with van der Waals surface area (Å²) in [6.07, 6.45) is 1.46. The van der Waals surface area contributed by atoms with Gasteiger partial charge in [-0.25, -0.2) is 0 Å². The number of ether oxygens (including phenoxy) is 1. The second kappa shape index (κ2) is 4.61. The first-order chi connectivity index (χ1) is 8.37. The molecule has 98 valence electrons. The molecular formula is C14H19NO3. The quantitative estimate of drug-likeness (QED) is 0.887. The van der Waals surface area contributed by atoms with Gasteiger partial charge in [-0.05, 0) is 44.4 Å². The van der Waals surface area contributed by atoms with Gasteiger partial charge in [-0.2, -0.15) is 0 Å². The smallest absolute Gasteiger partial charge is 0.264 e. The summed E-state index contributed by atoms with van der Waals surface area (Å²) in [6, 6.07) is 5.82. The minimum atomic E-state index is -0.672. The summed E-state index contributed by atoms with van der Waals surface area (Å²) in [4.78, 5) is 13.2. The molecule has 1 aliphatic rings. The van der Waals surface area contributed by atoms with Gasteiger partial charge in [0.25, 0.3) is 5.91 Å². The van der Waals surface area contributed by atoms with Crippen LogP contribution < -0.4 is 9.64 Å². The Balaban J connectivity index is 2.18. The van der Waals surface area contributed by atoms with E-state index in [9.17, 15) is 9.90 Å². The third-order valence-corrected chi connectivity index (χ3v) is 3.14. The molecule has 0 aliphatic carbocycles. The van der Waals surface area contributed by atoms with Crippen LogP contribution in [0.2, 0.25) is 0 Å². The fraction of sp³-hybridized carbons (Fsp3) is 0.500. The van der Waals surface area contributed by atoms with Gasteiger partial charge in [0.1, 0.15) is 5.75 Å². The van der Waals surface area contributed by atoms with Gasteiger partial charge in [0, 0.05) is 7.05 Å². The number of likely N-dealkylation sites (N-methyl/N-ethyl adjacent to an activating group) is 1. The van der Waals surface area contributed by atoms with Gasteiger partial charge in [0.2, 0.25) is 0 Å². The number of rotatable bonds is 3. The standard InChI is InChI=1S/C14H19NO3/c1-14(2,17)7-6-10-4-5-12-11(8-10)15(3)13(16)9-18-12/h4-5,8,17H,6-7,9H2,1-3H3. The van der Waals surface area contributed by atoms with Gasteiger partial charge in [0.15, 0.2) is 6.61 Å². The zero-order valence-electron chi connectivity index (χ0n) is 11.1. The lowest BCUT2D eigenvalue weighted by atomic mass is 9.98. The fourth-order valence-corrected chi connectivity index (χ4v) is 1.92. The van der Waals surface area contributed by atoms with Crippen LogP contribution in [0.1, 0.15) is 25.8 Å². The van der Waals surface area contributed by atoms with Crippen LogP contribution in [-0.4, -0.2) is 30.3 Å². The minimum absolute atomic E-state index is 0.0397. The molecule has 1 aromatic rings. The molecule has 0 saturated heterocycles. The molecule has 1 aromatic carbocycles. The third-order valence-electron chi connectivity index (χ3n) is 3.14. The molecule has 0 fully saturated rings. The molecule has 0 bridgehead atoms. The number of aryl methyl sites for hydroxylation is 1. The van der Waals surface area contributed by atoms with Crippen molar-refractivity contribution >= 4 is 11.6 Å². The predicted molar refractivity (Wildman–Crippen MR) is 70.0 cm³/mol. The predicted octanol–water partition coefficient (Wildman–Crippen LogP) is 1.75. The highest BCUT2D eigenvalue weighted by Crippen LogP contribution is 2.32. The molecule has 2 rings (SSSR count). The Labute approximate surface area is 107 Å². The number of aliphatic hydroxyl groups is 1. The second-order valence-corrected chi connectivity index (χ2v) is 5.36. The summed E-state index contributed by atoms with van der Waals surface area (Å²) in [5, 5.41) is 9.72. The first-order valence-electron chi connectivity index (χ1n) is 6.11. The van der Waals surface area contributed by atoms with Crippen LogP contribution in [0.5, 0.6) is 5.75 Å². The van der Waals surface area contributed by atoms with E-state index < -0.39 is 5.60 Å². The third kappa shape index (κ3) is 2.82. The Hall–Kier alpha value is -1.55. The molecule has 0 spiro atoms. The Morgan fingerprint density at radius 3 is 2.83 bits per heavy atom.